The third-order valence-electron chi connectivity index (χ3n) is 4.31. The second-order valence-corrected chi connectivity index (χ2v) is 5.86. The minimum atomic E-state index is -0.0604. The van der Waals surface area contributed by atoms with E-state index in [1.165, 1.54) is 12.8 Å². The molecule has 0 amide bonds. The number of hydrogen-bond acceptors (Lipinski definition) is 2. The minimum absolute atomic E-state index is 0.0604. The average Bonchev–Trinajstić information content (AvgIpc) is 2.78. The molecule has 5 heteroatoms. The normalized spacial score (nSPS) is 20.6. The molecule has 1 aliphatic rings. The maximum Gasteiger partial charge on any atom is 0.326 e. The smallest absolute Gasteiger partial charge is 0.304 e. The van der Waals surface area contributed by atoms with Gasteiger partial charge in [0.15, 0.2) is 0 Å². The van der Waals surface area contributed by atoms with Gasteiger partial charge in [-0.3, -0.25) is 9.47 Å². The van der Waals surface area contributed by atoms with Crippen LogP contribution in [0.1, 0.15) is 26.2 Å². The SMILES string of the molecule is CCN1CCCCC1Cn1c(=O)[nH]c2c(Cl)cccc21. The Kier molecular flexibility index (Phi) is 3.85. The first-order valence-electron chi connectivity index (χ1n) is 7.31. The molecule has 0 bridgehead atoms. The van der Waals surface area contributed by atoms with Gasteiger partial charge in [-0.2, -0.15) is 0 Å². The van der Waals surface area contributed by atoms with Crippen molar-refractivity contribution in [3.63, 3.8) is 0 Å². The van der Waals surface area contributed by atoms with Crippen molar-refractivity contribution >= 4 is 22.6 Å². The Morgan fingerprint density at radius 1 is 1.40 bits per heavy atom. The Labute approximate surface area is 123 Å². The number of nitrogens with zero attached hydrogens (tertiary/aromatic N) is 2. The van der Waals surface area contributed by atoms with E-state index in [1.807, 2.05) is 22.8 Å². The first-order valence-corrected chi connectivity index (χ1v) is 7.69. The van der Waals surface area contributed by atoms with Crippen LogP contribution in [0.4, 0.5) is 0 Å². The van der Waals surface area contributed by atoms with Gasteiger partial charge >= 0.3 is 5.69 Å². The molecule has 2 heterocycles. The highest BCUT2D eigenvalue weighted by molar-refractivity contribution is 6.34. The van der Waals surface area contributed by atoms with Crippen molar-refractivity contribution in [3.05, 3.63) is 33.7 Å². The van der Waals surface area contributed by atoms with Crippen LogP contribution in [0.2, 0.25) is 5.02 Å². The molecule has 20 heavy (non-hydrogen) atoms. The van der Waals surface area contributed by atoms with Gasteiger partial charge in [0.25, 0.3) is 0 Å². The number of nitrogens with one attached hydrogen (secondary N) is 1. The van der Waals surface area contributed by atoms with E-state index in [9.17, 15) is 4.79 Å². The summed E-state index contributed by atoms with van der Waals surface area (Å²) in [6.45, 7) is 5.11. The Hall–Kier alpha value is -1.26. The van der Waals surface area contributed by atoms with Crippen LogP contribution in [0.3, 0.4) is 0 Å². The fraction of sp³-hybridized carbons (Fsp3) is 0.533. The highest BCUT2D eigenvalue weighted by Crippen LogP contribution is 2.22. The lowest BCUT2D eigenvalue weighted by Crippen LogP contribution is -2.43. The highest BCUT2D eigenvalue weighted by Gasteiger charge is 2.22. The summed E-state index contributed by atoms with van der Waals surface area (Å²) in [5.41, 5.74) is 1.59. The fourth-order valence-electron chi connectivity index (χ4n) is 3.22. The number of H-pyrrole nitrogens is 1. The Morgan fingerprint density at radius 2 is 2.25 bits per heavy atom. The maximum atomic E-state index is 12.2. The van der Waals surface area contributed by atoms with Crippen molar-refractivity contribution in [2.45, 2.75) is 38.8 Å². The molecule has 0 spiro atoms. The molecule has 1 aromatic heterocycles. The molecule has 0 aliphatic carbocycles. The zero-order valence-corrected chi connectivity index (χ0v) is 12.5. The van der Waals surface area contributed by atoms with Gasteiger partial charge in [0.1, 0.15) is 0 Å². The number of aromatic amines is 1. The Bertz CT molecular complexity index is 661. The number of fused-ring (bicyclic) bond motifs is 1. The summed E-state index contributed by atoms with van der Waals surface area (Å²) in [6.07, 6.45) is 3.67. The molecule has 1 atom stereocenters. The summed E-state index contributed by atoms with van der Waals surface area (Å²) in [6, 6.07) is 6.11. The first kappa shape index (κ1) is 13.7. The molecular weight excluding hydrogens is 274 g/mol. The first-order chi connectivity index (χ1) is 9.70. The second kappa shape index (κ2) is 5.62. The number of imidazole rings is 1. The third-order valence-corrected chi connectivity index (χ3v) is 4.62. The van der Waals surface area contributed by atoms with E-state index in [4.69, 9.17) is 11.6 Å². The van der Waals surface area contributed by atoms with E-state index < -0.39 is 0 Å². The second-order valence-electron chi connectivity index (χ2n) is 5.45. The quantitative estimate of drug-likeness (QED) is 0.945. The van der Waals surface area contributed by atoms with E-state index in [0.717, 1.165) is 37.1 Å². The topological polar surface area (TPSA) is 41.0 Å². The van der Waals surface area contributed by atoms with Crippen molar-refractivity contribution in [1.29, 1.82) is 0 Å². The van der Waals surface area contributed by atoms with E-state index in [1.54, 1.807) is 0 Å². The van der Waals surface area contributed by atoms with Gasteiger partial charge < -0.3 is 4.98 Å². The van der Waals surface area contributed by atoms with Gasteiger partial charge in [-0.25, -0.2) is 4.79 Å². The summed E-state index contributed by atoms with van der Waals surface area (Å²) < 4.78 is 1.83. The lowest BCUT2D eigenvalue weighted by atomic mass is 10.0. The summed E-state index contributed by atoms with van der Waals surface area (Å²) in [5, 5.41) is 0.606. The maximum absolute atomic E-state index is 12.2. The monoisotopic (exact) mass is 293 g/mol. The molecule has 1 fully saturated rings. The van der Waals surface area contributed by atoms with Crippen LogP contribution in [0.25, 0.3) is 11.0 Å². The summed E-state index contributed by atoms with van der Waals surface area (Å²) in [4.78, 5) is 17.5. The predicted octanol–water partition coefficient (Wildman–Crippen LogP) is 2.86. The number of halogens is 1. The van der Waals surface area contributed by atoms with Crippen LogP contribution in [0, 0.1) is 0 Å². The molecule has 1 aromatic carbocycles. The van der Waals surface area contributed by atoms with E-state index >= 15 is 0 Å². The molecule has 0 radical (unpaired) electrons. The fourth-order valence-corrected chi connectivity index (χ4v) is 3.44. The Balaban J connectivity index is 1.96. The van der Waals surface area contributed by atoms with Crippen molar-refractivity contribution in [1.82, 2.24) is 14.5 Å². The lowest BCUT2D eigenvalue weighted by Gasteiger charge is -2.34. The van der Waals surface area contributed by atoms with Gasteiger partial charge in [-0.05, 0) is 38.1 Å². The standard InChI is InChI=1S/C15H20ClN3O/c1-2-18-9-4-3-6-11(18)10-19-13-8-5-7-12(16)14(13)17-15(19)20/h5,7-8,11H,2-4,6,9-10H2,1H3,(H,17,20). The molecule has 1 unspecified atom stereocenters. The van der Waals surface area contributed by atoms with Crippen molar-refractivity contribution in [2.75, 3.05) is 13.1 Å². The molecule has 3 rings (SSSR count). The van der Waals surface area contributed by atoms with Crippen LogP contribution in [-0.2, 0) is 6.54 Å². The number of likely N-dealkylation sites (N-methyl/N-ethyl adjacent to an activating group) is 1. The van der Waals surface area contributed by atoms with Gasteiger partial charge in [0, 0.05) is 12.6 Å². The van der Waals surface area contributed by atoms with Gasteiger partial charge in [-0.1, -0.05) is 31.0 Å². The molecule has 2 aromatic rings. The summed E-state index contributed by atoms with van der Waals surface area (Å²) in [5.74, 6) is 0. The van der Waals surface area contributed by atoms with Crippen molar-refractivity contribution < 1.29 is 0 Å². The zero-order valence-electron chi connectivity index (χ0n) is 11.7. The number of piperidine rings is 1. The third kappa shape index (κ3) is 2.38. The molecular formula is C15H20ClN3O. The van der Waals surface area contributed by atoms with Gasteiger partial charge in [0.2, 0.25) is 0 Å². The average molecular weight is 294 g/mol. The zero-order chi connectivity index (χ0) is 14.1. The van der Waals surface area contributed by atoms with Crippen LogP contribution in [-0.4, -0.2) is 33.6 Å². The van der Waals surface area contributed by atoms with Crippen molar-refractivity contribution in [3.8, 4) is 0 Å². The number of benzene rings is 1. The lowest BCUT2D eigenvalue weighted by molar-refractivity contribution is 0.140. The largest absolute Gasteiger partial charge is 0.326 e. The summed E-state index contributed by atoms with van der Waals surface area (Å²) >= 11 is 6.15. The number of likely N-dealkylation sites (tertiary alicyclic amines) is 1. The highest BCUT2D eigenvalue weighted by atomic mass is 35.5. The molecule has 0 saturated carbocycles. The molecule has 1 saturated heterocycles. The van der Waals surface area contributed by atoms with Gasteiger partial charge in [0.05, 0.1) is 16.1 Å². The van der Waals surface area contributed by atoms with E-state index in [2.05, 4.69) is 16.8 Å². The van der Waals surface area contributed by atoms with Crippen LogP contribution in [0.5, 0.6) is 0 Å². The van der Waals surface area contributed by atoms with E-state index in [0.29, 0.717) is 11.1 Å². The van der Waals surface area contributed by atoms with Crippen LogP contribution < -0.4 is 5.69 Å². The number of para-hydroxylation sites is 1. The molecule has 1 N–H and O–H groups in total. The number of rotatable bonds is 3. The van der Waals surface area contributed by atoms with Crippen LogP contribution >= 0.6 is 11.6 Å². The number of hydrogen-bond donors (Lipinski definition) is 1. The summed E-state index contributed by atoms with van der Waals surface area (Å²) in [7, 11) is 0. The Morgan fingerprint density at radius 3 is 3.05 bits per heavy atom. The van der Waals surface area contributed by atoms with E-state index in [-0.39, 0.29) is 5.69 Å². The molecule has 108 valence electrons. The number of aromatic nitrogens is 2. The molecule has 1 aliphatic heterocycles. The van der Waals surface area contributed by atoms with Crippen molar-refractivity contribution in [2.24, 2.45) is 0 Å². The van der Waals surface area contributed by atoms with Gasteiger partial charge in [-0.15, -0.1) is 0 Å². The predicted molar refractivity (Wildman–Crippen MR) is 82.5 cm³/mol. The molecule has 4 nitrogen and oxygen atoms in total. The van der Waals surface area contributed by atoms with Crippen LogP contribution in [0.15, 0.2) is 23.0 Å². The minimum Gasteiger partial charge on any atom is -0.304 e.